The van der Waals surface area contributed by atoms with Gasteiger partial charge in [-0.2, -0.15) is 4.98 Å². The van der Waals surface area contributed by atoms with E-state index < -0.39 is 0 Å². The lowest BCUT2D eigenvalue weighted by Crippen LogP contribution is -2.41. The number of hydrogen-bond donors (Lipinski definition) is 1. The molecular weight excluding hydrogens is 322 g/mol. The zero-order valence-corrected chi connectivity index (χ0v) is 16.5. The third-order valence-electron chi connectivity index (χ3n) is 6.48. The van der Waals surface area contributed by atoms with E-state index in [1.807, 2.05) is 0 Å². The maximum atomic E-state index is 5.05. The number of nitrogens with one attached hydrogen (secondary N) is 1. The highest BCUT2D eigenvalue weighted by molar-refractivity contribution is 5.53. The van der Waals surface area contributed by atoms with Gasteiger partial charge in [-0.1, -0.05) is 19.3 Å². The van der Waals surface area contributed by atoms with E-state index in [1.54, 1.807) is 0 Å². The van der Waals surface area contributed by atoms with Crippen molar-refractivity contribution in [1.82, 2.24) is 14.9 Å². The predicted molar refractivity (Wildman–Crippen MR) is 108 cm³/mol. The third-order valence-corrected chi connectivity index (χ3v) is 6.48. The van der Waals surface area contributed by atoms with Crippen molar-refractivity contribution in [3.05, 3.63) is 11.3 Å². The second kappa shape index (κ2) is 8.55. The summed E-state index contributed by atoms with van der Waals surface area (Å²) in [4.78, 5) is 15.0. The molecule has 1 aliphatic carbocycles. The minimum atomic E-state index is 0.616. The highest BCUT2D eigenvalue weighted by atomic mass is 15.2. The molecule has 0 spiro atoms. The van der Waals surface area contributed by atoms with E-state index in [0.29, 0.717) is 6.04 Å². The Bertz CT molecular complexity index is 594. The van der Waals surface area contributed by atoms with Crippen LogP contribution in [-0.4, -0.2) is 54.1 Å². The average molecular weight is 358 g/mol. The van der Waals surface area contributed by atoms with Crippen LogP contribution in [-0.2, 0) is 12.8 Å². The van der Waals surface area contributed by atoms with Crippen LogP contribution in [0, 0.1) is 0 Å². The van der Waals surface area contributed by atoms with Gasteiger partial charge < -0.3 is 15.1 Å². The first-order chi connectivity index (χ1) is 12.8. The highest BCUT2D eigenvalue weighted by Crippen LogP contribution is 2.30. The van der Waals surface area contributed by atoms with E-state index in [9.17, 15) is 0 Å². The quantitative estimate of drug-likeness (QED) is 0.891. The smallest absolute Gasteiger partial charge is 0.224 e. The predicted octanol–water partition coefficient (Wildman–Crippen LogP) is 3.63. The van der Waals surface area contributed by atoms with Crippen LogP contribution in [0.25, 0.3) is 0 Å². The molecule has 0 bridgehead atoms. The molecule has 1 N–H and O–H groups in total. The number of fused-ring (bicyclic) bond motifs is 1. The summed E-state index contributed by atoms with van der Waals surface area (Å²) in [6.07, 6.45) is 14.1. The number of aryl methyl sites for hydroxylation is 1. The van der Waals surface area contributed by atoms with E-state index in [1.165, 1.54) is 81.4 Å². The molecule has 3 aliphatic rings. The van der Waals surface area contributed by atoms with Crippen molar-refractivity contribution in [3.63, 3.8) is 0 Å². The summed E-state index contributed by atoms with van der Waals surface area (Å²) in [6.45, 7) is 4.51. The Balaban J connectivity index is 1.53. The summed E-state index contributed by atoms with van der Waals surface area (Å²) in [6, 6.07) is 0.616. The topological polar surface area (TPSA) is 44.3 Å². The lowest BCUT2D eigenvalue weighted by Gasteiger charge is -2.33. The van der Waals surface area contributed by atoms with Crippen molar-refractivity contribution in [3.8, 4) is 0 Å². The van der Waals surface area contributed by atoms with Gasteiger partial charge in [0.05, 0.1) is 5.69 Å². The lowest BCUT2D eigenvalue weighted by molar-refractivity contribution is 0.194. The minimum absolute atomic E-state index is 0.616. The second-order valence-corrected chi connectivity index (χ2v) is 8.42. The highest BCUT2D eigenvalue weighted by Gasteiger charge is 2.23. The molecule has 1 aromatic heterocycles. The van der Waals surface area contributed by atoms with Crippen molar-refractivity contribution in [2.24, 2.45) is 0 Å². The molecule has 4 rings (SSSR count). The van der Waals surface area contributed by atoms with Crippen molar-refractivity contribution < 1.29 is 0 Å². The Morgan fingerprint density at radius 3 is 2.46 bits per heavy atom. The van der Waals surface area contributed by atoms with Gasteiger partial charge >= 0.3 is 0 Å². The van der Waals surface area contributed by atoms with Gasteiger partial charge in [0, 0.05) is 31.2 Å². The number of anilines is 2. The average Bonchev–Trinajstić information content (AvgIpc) is 2.96. The molecule has 0 radical (unpaired) electrons. The summed E-state index contributed by atoms with van der Waals surface area (Å²) in [5, 5.41) is 3.60. The van der Waals surface area contributed by atoms with E-state index in [0.717, 1.165) is 38.4 Å². The Morgan fingerprint density at radius 2 is 1.65 bits per heavy atom. The molecule has 1 unspecified atom stereocenters. The zero-order valence-electron chi connectivity index (χ0n) is 16.5. The van der Waals surface area contributed by atoms with Gasteiger partial charge in [-0.15, -0.1) is 0 Å². The van der Waals surface area contributed by atoms with Crippen molar-refractivity contribution in [2.45, 2.75) is 76.7 Å². The van der Waals surface area contributed by atoms with Crippen LogP contribution in [0.3, 0.4) is 0 Å². The first-order valence-electron chi connectivity index (χ1n) is 10.9. The molecule has 2 aliphatic heterocycles. The lowest BCUT2D eigenvalue weighted by atomic mass is 9.96. The standard InChI is InChI=1S/C21H35N5/c1-25-13-9-6-10-17(25)16-22-21-23-19-12-5-4-11-18(19)20(24-21)26-14-7-2-3-8-15-26/h17H,2-16H2,1H3,(H,22,23,24). The molecule has 1 atom stereocenters. The maximum Gasteiger partial charge on any atom is 0.224 e. The van der Waals surface area contributed by atoms with Gasteiger partial charge in [-0.25, -0.2) is 4.98 Å². The van der Waals surface area contributed by atoms with Gasteiger partial charge in [0.15, 0.2) is 0 Å². The van der Waals surface area contributed by atoms with Gasteiger partial charge in [-0.05, 0) is 65.0 Å². The fourth-order valence-corrected chi connectivity index (χ4v) is 4.81. The molecule has 0 amide bonds. The molecule has 0 aromatic carbocycles. The Morgan fingerprint density at radius 1 is 0.885 bits per heavy atom. The molecule has 5 heteroatoms. The molecule has 2 saturated heterocycles. The van der Waals surface area contributed by atoms with Crippen LogP contribution in [0.5, 0.6) is 0 Å². The summed E-state index contributed by atoms with van der Waals surface area (Å²) in [5.41, 5.74) is 2.75. The largest absolute Gasteiger partial charge is 0.356 e. The number of likely N-dealkylation sites (N-methyl/N-ethyl adjacent to an activating group) is 1. The fraction of sp³-hybridized carbons (Fsp3) is 0.810. The summed E-state index contributed by atoms with van der Waals surface area (Å²) >= 11 is 0. The van der Waals surface area contributed by atoms with Crippen LogP contribution in [0.15, 0.2) is 0 Å². The van der Waals surface area contributed by atoms with Crippen LogP contribution in [0.4, 0.5) is 11.8 Å². The summed E-state index contributed by atoms with van der Waals surface area (Å²) < 4.78 is 0. The number of hydrogen-bond acceptors (Lipinski definition) is 5. The number of rotatable bonds is 4. The Kier molecular flexibility index (Phi) is 5.93. The molecule has 0 saturated carbocycles. The number of piperidine rings is 1. The molecule has 144 valence electrons. The SMILES string of the molecule is CN1CCCCC1CNc1nc2c(c(N3CCCCCC3)n1)CCCC2. The molecule has 1 aromatic rings. The van der Waals surface area contributed by atoms with Crippen LogP contribution < -0.4 is 10.2 Å². The molecule has 26 heavy (non-hydrogen) atoms. The van der Waals surface area contributed by atoms with E-state index in [4.69, 9.17) is 9.97 Å². The first kappa shape index (κ1) is 18.0. The Hall–Kier alpha value is -1.36. The molecule has 5 nitrogen and oxygen atoms in total. The number of likely N-dealkylation sites (tertiary alicyclic amines) is 1. The van der Waals surface area contributed by atoms with E-state index in [2.05, 4.69) is 22.2 Å². The van der Waals surface area contributed by atoms with Crippen molar-refractivity contribution in [2.75, 3.05) is 43.4 Å². The fourth-order valence-electron chi connectivity index (χ4n) is 4.81. The normalized spacial score (nSPS) is 24.8. The Labute approximate surface area is 158 Å². The summed E-state index contributed by atoms with van der Waals surface area (Å²) in [5.74, 6) is 2.11. The van der Waals surface area contributed by atoms with Crippen LogP contribution in [0.1, 0.15) is 69.0 Å². The minimum Gasteiger partial charge on any atom is -0.356 e. The summed E-state index contributed by atoms with van der Waals surface area (Å²) in [7, 11) is 2.25. The zero-order chi connectivity index (χ0) is 17.8. The maximum absolute atomic E-state index is 5.05. The van der Waals surface area contributed by atoms with Gasteiger partial charge in [0.25, 0.3) is 0 Å². The monoisotopic (exact) mass is 357 g/mol. The van der Waals surface area contributed by atoms with Gasteiger partial charge in [0.2, 0.25) is 5.95 Å². The number of aromatic nitrogens is 2. The van der Waals surface area contributed by atoms with E-state index >= 15 is 0 Å². The molecular formula is C21H35N5. The molecule has 3 heterocycles. The van der Waals surface area contributed by atoms with Crippen molar-refractivity contribution >= 4 is 11.8 Å². The van der Waals surface area contributed by atoms with Crippen LogP contribution >= 0.6 is 0 Å². The first-order valence-corrected chi connectivity index (χ1v) is 10.9. The van der Waals surface area contributed by atoms with Crippen LogP contribution in [0.2, 0.25) is 0 Å². The van der Waals surface area contributed by atoms with Crippen molar-refractivity contribution in [1.29, 1.82) is 0 Å². The van der Waals surface area contributed by atoms with Gasteiger partial charge in [0.1, 0.15) is 5.82 Å². The second-order valence-electron chi connectivity index (χ2n) is 8.42. The third kappa shape index (κ3) is 4.13. The van der Waals surface area contributed by atoms with E-state index in [-0.39, 0.29) is 0 Å². The van der Waals surface area contributed by atoms with Gasteiger partial charge in [-0.3, -0.25) is 0 Å². The molecule has 2 fully saturated rings. The number of nitrogens with zero attached hydrogens (tertiary/aromatic N) is 4.